The molecule has 0 unspecified atom stereocenters. The number of carbonyl (C=O) groups is 1. The van der Waals surface area contributed by atoms with Gasteiger partial charge in [-0.3, -0.25) is 19.2 Å². The molecule has 0 bridgehead atoms. The molecule has 0 spiro atoms. The summed E-state index contributed by atoms with van der Waals surface area (Å²) < 4.78 is 39.0. The van der Waals surface area contributed by atoms with Gasteiger partial charge >= 0.3 is 0 Å². The van der Waals surface area contributed by atoms with Gasteiger partial charge in [-0.15, -0.1) is 0 Å². The van der Waals surface area contributed by atoms with Gasteiger partial charge in [-0.05, 0) is 55.3 Å². The Bertz CT molecular complexity index is 1400. The second-order valence-electron chi connectivity index (χ2n) is 7.85. The fraction of sp³-hybridized carbons (Fsp3) is 0.231. The van der Waals surface area contributed by atoms with Crippen LogP contribution in [-0.2, 0) is 14.8 Å². The first-order valence-electron chi connectivity index (χ1n) is 11.8. The van der Waals surface area contributed by atoms with Crippen molar-refractivity contribution in [2.45, 2.75) is 25.2 Å². The Balaban J connectivity index is 1.82. The van der Waals surface area contributed by atoms with E-state index in [-0.39, 0.29) is 5.69 Å². The van der Waals surface area contributed by atoms with Gasteiger partial charge in [0.1, 0.15) is 6.54 Å². The van der Waals surface area contributed by atoms with Gasteiger partial charge in [-0.25, -0.2) is 13.8 Å². The third kappa shape index (κ3) is 7.07. The van der Waals surface area contributed by atoms with E-state index >= 15 is 0 Å². The van der Waals surface area contributed by atoms with Crippen LogP contribution in [0.15, 0.2) is 82.8 Å². The maximum absolute atomic E-state index is 13.5. The summed E-state index contributed by atoms with van der Waals surface area (Å²) in [7, 11) is -4.48. The molecule has 0 aliphatic heterocycles. The summed E-state index contributed by atoms with van der Waals surface area (Å²) in [4.78, 5) is 22.9. The zero-order chi connectivity index (χ0) is 27.5. The molecule has 0 aliphatic carbocycles. The number of hydrogen-bond donors (Lipinski definition) is 1. The minimum atomic E-state index is -4.48. The highest BCUT2D eigenvalue weighted by molar-refractivity contribution is 7.93. The molecular weight excluding hydrogens is 512 g/mol. The second-order valence-corrected chi connectivity index (χ2v) is 9.68. The Hall–Kier alpha value is -4.45. The molecule has 1 N–H and O–H groups in total. The van der Waals surface area contributed by atoms with Crippen LogP contribution in [0.1, 0.15) is 25.8 Å². The summed E-state index contributed by atoms with van der Waals surface area (Å²) >= 11 is 0. The standard InChI is InChI=1S/C26H28N4O7S/c1-3-16-37-23-15-14-20(17-24(23)36-4-2)18-27-28-26(31)19-29(21-10-6-5-7-11-21)38(34,35)25-13-9-8-12-22(25)30(32)33/h5-15,17-18H,3-4,16,19H2,1-2H3,(H,28,31)/b27-18-. The van der Waals surface area contributed by atoms with Crippen molar-refractivity contribution < 1.29 is 27.6 Å². The number of hydrogen-bond acceptors (Lipinski definition) is 8. The van der Waals surface area contributed by atoms with Crippen LogP contribution in [0.3, 0.4) is 0 Å². The number of sulfonamides is 1. The molecule has 0 radical (unpaired) electrons. The number of para-hydroxylation sites is 2. The Morgan fingerprint density at radius 3 is 2.42 bits per heavy atom. The topological polar surface area (TPSA) is 140 Å². The molecule has 200 valence electrons. The number of anilines is 1. The number of nitro benzene ring substituents is 1. The Kier molecular flexibility index (Phi) is 9.77. The molecule has 11 nitrogen and oxygen atoms in total. The maximum atomic E-state index is 13.5. The molecule has 3 aromatic carbocycles. The van der Waals surface area contributed by atoms with Crippen molar-refractivity contribution in [2.75, 3.05) is 24.1 Å². The van der Waals surface area contributed by atoms with Crippen LogP contribution in [0.4, 0.5) is 11.4 Å². The number of benzene rings is 3. The van der Waals surface area contributed by atoms with Crippen molar-refractivity contribution in [3.8, 4) is 11.5 Å². The molecule has 0 heterocycles. The Labute approximate surface area is 220 Å². The van der Waals surface area contributed by atoms with Crippen molar-refractivity contribution in [2.24, 2.45) is 5.10 Å². The lowest BCUT2D eigenvalue weighted by Gasteiger charge is -2.23. The zero-order valence-electron chi connectivity index (χ0n) is 20.9. The van der Waals surface area contributed by atoms with Gasteiger partial charge in [0.25, 0.3) is 21.6 Å². The summed E-state index contributed by atoms with van der Waals surface area (Å²) in [6.07, 6.45) is 2.22. The summed E-state index contributed by atoms with van der Waals surface area (Å²) in [5, 5.41) is 15.4. The van der Waals surface area contributed by atoms with Gasteiger partial charge in [0.15, 0.2) is 16.4 Å². The highest BCUT2D eigenvalue weighted by Crippen LogP contribution is 2.30. The van der Waals surface area contributed by atoms with Crippen LogP contribution in [0.2, 0.25) is 0 Å². The first-order valence-corrected chi connectivity index (χ1v) is 13.2. The fourth-order valence-corrected chi connectivity index (χ4v) is 4.98. The van der Waals surface area contributed by atoms with Crippen LogP contribution in [0, 0.1) is 10.1 Å². The number of hydrazone groups is 1. The highest BCUT2D eigenvalue weighted by atomic mass is 32.2. The molecule has 0 fully saturated rings. The predicted molar refractivity (Wildman–Crippen MR) is 143 cm³/mol. The van der Waals surface area contributed by atoms with Crippen LogP contribution in [0.5, 0.6) is 11.5 Å². The van der Waals surface area contributed by atoms with E-state index in [1.807, 2.05) is 13.8 Å². The molecule has 0 saturated heterocycles. The summed E-state index contributed by atoms with van der Waals surface area (Å²) in [5.41, 5.74) is 2.49. The lowest BCUT2D eigenvalue weighted by Crippen LogP contribution is -2.39. The summed E-state index contributed by atoms with van der Waals surface area (Å²) in [6.45, 7) is 4.15. The van der Waals surface area contributed by atoms with E-state index in [1.54, 1.807) is 36.4 Å². The number of nitro groups is 1. The van der Waals surface area contributed by atoms with Crippen molar-refractivity contribution in [1.29, 1.82) is 0 Å². The first-order chi connectivity index (χ1) is 18.3. The lowest BCUT2D eigenvalue weighted by molar-refractivity contribution is -0.387. The molecule has 38 heavy (non-hydrogen) atoms. The smallest absolute Gasteiger partial charge is 0.289 e. The van der Waals surface area contributed by atoms with Gasteiger partial charge in [-0.2, -0.15) is 5.10 Å². The lowest BCUT2D eigenvalue weighted by atomic mass is 10.2. The monoisotopic (exact) mass is 540 g/mol. The van der Waals surface area contributed by atoms with Crippen LogP contribution in [-0.4, -0.2) is 45.2 Å². The van der Waals surface area contributed by atoms with Crippen molar-refractivity contribution in [3.63, 3.8) is 0 Å². The number of nitrogens with one attached hydrogen (secondary N) is 1. The summed E-state index contributed by atoms with van der Waals surface area (Å²) in [5.74, 6) is 0.371. The predicted octanol–water partition coefficient (Wildman–Crippen LogP) is 4.13. The summed E-state index contributed by atoms with van der Waals surface area (Å²) in [6, 6.07) is 18.0. The van der Waals surface area contributed by atoms with E-state index in [9.17, 15) is 23.3 Å². The maximum Gasteiger partial charge on any atom is 0.289 e. The molecule has 3 aromatic rings. The van der Waals surface area contributed by atoms with Crippen LogP contribution in [0.25, 0.3) is 0 Å². The second kappa shape index (κ2) is 13.2. The SMILES string of the molecule is CCCOc1ccc(/C=N\NC(=O)CN(c2ccccc2)S(=O)(=O)c2ccccc2[N+](=O)[O-])cc1OCC. The Morgan fingerprint density at radius 2 is 1.74 bits per heavy atom. The number of rotatable bonds is 13. The number of nitrogens with zero attached hydrogens (tertiary/aromatic N) is 3. The average Bonchev–Trinajstić information content (AvgIpc) is 2.92. The van der Waals surface area contributed by atoms with Gasteiger partial charge < -0.3 is 9.47 Å². The third-order valence-electron chi connectivity index (χ3n) is 5.09. The number of ether oxygens (including phenoxy) is 2. The minimum absolute atomic E-state index is 0.161. The van der Waals surface area contributed by atoms with Gasteiger partial charge in [-0.1, -0.05) is 37.3 Å². The molecular formula is C26H28N4O7S. The molecule has 0 aliphatic rings. The van der Waals surface area contributed by atoms with E-state index in [4.69, 9.17) is 9.47 Å². The molecule has 0 atom stereocenters. The van der Waals surface area contributed by atoms with E-state index in [0.717, 1.165) is 22.9 Å². The Morgan fingerprint density at radius 1 is 1.03 bits per heavy atom. The minimum Gasteiger partial charge on any atom is -0.490 e. The van der Waals surface area contributed by atoms with Crippen LogP contribution < -0.4 is 19.2 Å². The third-order valence-corrected chi connectivity index (χ3v) is 6.91. The largest absolute Gasteiger partial charge is 0.490 e. The highest BCUT2D eigenvalue weighted by Gasteiger charge is 2.33. The molecule has 3 rings (SSSR count). The normalized spacial score (nSPS) is 11.2. The zero-order valence-corrected chi connectivity index (χ0v) is 21.8. The number of amides is 1. The molecule has 12 heteroatoms. The van der Waals surface area contributed by atoms with E-state index in [1.165, 1.54) is 30.5 Å². The first kappa shape index (κ1) is 28.1. The fourth-order valence-electron chi connectivity index (χ4n) is 3.40. The van der Waals surface area contributed by atoms with Crippen molar-refractivity contribution in [3.05, 3.63) is 88.5 Å². The average molecular weight is 541 g/mol. The van der Waals surface area contributed by atoms with Crippen LogP contribution >= 0.6 is 0 Å². The molecule has 0 aromatic heterocycles. The van der Waals surface area contributed by atoms with Crippen molar-refractivity contribution in [1.82, 2.24) is 5.43 Å². The van der Waals surface area contributed by atoms with E-state index in [2.05, 4.69) is 10.5 Å². The molecule has 1 amide bonds. The van der Waals surface area contributed by atoms with Gasteiger partial charge in [0.05, 0.1) is 30.0 Å². The van der Waals surface area contributed by atoms with Gasteiger partial charge in [0, 0.05) is 6.07 Å². The quantitative estimate of drug-likeness (QED) is 0.195. The van der Waals surface area contributed by atoms with E-state index < -0.39 is 38.0 Å². The van der Waals surface area contributed by atoms with Gasteiger partial charge in [0.2, 0.25) is 0 Å². The molecule has 0 saturated carbocycles. The number of carbonyl (C=O) groups excluding carboxylic acids is 1. The van der Waals surface area contributed by atoms with Crippen molar-refractivity contribution >= 4 is 33.5 Å². The van der Waals surface area contributed by atoms with E-state index in [0.29, 0.717) is 30.3 Å².